The van der Waals surface area contributed by atoms with E-state index in [1.54, 1.807) is 0 Å². The predicted octanol–water partition coefficient (Wildman–Crippen LogP) is -1.01. The Bertz CT molecular complexity index is 608. The van der Waals surface area contributed by atoms with Gasteiger partial charge in [0.15, 0.2) is 11.4 Å². The monoisotopic (exact) mass is 1570 g/mol. The molecule has 2 aliphatic heterocycles. The van der Waals surface area contributed by atoms with Gasteiger partial charge in [0.1, 0.15) is 24.4 Å². The molecule has 5 unspecified atom stereocenters. The third kappa shape index (κ3) is 11.5. The molecular formula is C21H38Ac5O9. The van der Waals surface area contributed by atoms with Crippen molar-refractivity contribution in [3.8, 4) is 0 Å². The standard InChI is InChI=1S/C21H38O9.5Ac/c1-6-15-10(3)16(9(2)11(4)29-15)20(28)21(12(5)23)7-13(24)17(26)19(30-21)18(27)14(25)8-22;;;;;/h9-11,13-20,22,24-28H,6-8H2,1-5H3;;;;;/t9-,10-,11-,13+,14?,15?,16?,17-,18?,19?,20+,21-;;;;;/m1...../s1. The smallest absolute Gasteiger partial charge is 0.164 e. The Morgan fingerprint density at radius 3 is 1.94 bits per heavy atom. The maximum Gasteiger partial charge on any atom is 0.164 e. The van der Waals surface area contributed by atoms with Crippen LogP contribution in [0.25, 0.3) is 0 Å². The molecule has 0 amide bonds. The number of Topliss-reactive ketones (excluding diaryl/α,β-unsaturated/α-hetero) is 1. The second kappa shape index (κ2) is 22.1. The third-order valence-corrected chi connectivity index (χ3v) is 7.28. The van der Waals surface area contributed by atoms with Crippen molar-refractivity contribution in [3.63, 3.8) is 0 Å². The quantitative estimate of drug-likeness (QED) is 0.188. The molecule has 0 aliphatic carbocycles. The summed E-state index contributed by atoms with van der Waals surface area (Å²) in [5.74, 6) is -1.21. The Morgan fingerprint density at radius 1 is 1.00 bits per heavy atom. The van der Waals surface area contributed by atoms with E-state index < -0.39 is 60.5 Å². The van der Waals surface area contributed by atoms with Crippen LogP contribution in [0.2, 0.25) is 0 Å². The minimum Gasteiger partial charge on any atom is -0.394 e. The molecule has 6 N–H and O–H groups in total. The zero-order valence-corrected chi connectivity index (χ0v) is 45.0. The SMILES string of the molecule is CCC1O[C@H](C)[C@@H](C)C([C@H](O)[C@]2(C(C)=O)C[C@H](O)[C@@H](O)C(C(O)C(O)CO)O2)[C@@H]1C.[Ac].[Ac].[Ac].[Ac].[Ac]. The van der Waals surface area contributed by atoms with Crippen LogP contribution in [0.5, 0.6) is 0 Å². The minimum atomic E-state index is -1.89. The van der Waals surface area contributed by atoms with E-state index in [4.69, 9.17) is 14.6 Å². The summed E-state index contributed by atoms with van der Waals surface area (Å²) < 4.78 is 11.9. The molecule has 0 aromatic carbocycles. The normalized spacial score (nSPS) is 39.1. The number of ether oxygens (including phenoxy) is 2. The fourth-order valence-corrected chi connectivity index (χ4v) is 5.15. The van der Waals surface area contributed by atoms with Crippen molar-refractivity contribution in [2.24, 2.45) is 17.8 Å². The molecule has 191 valence electrons. The fraction of sp³-hybridized carbons (Fsp3) is 0.952. The Hall–Kier alpha value is 6.56. The molecule has 0 bridgehead atoms. The fourth-order valence-electron chi connectivity index (χ4n) is 5.15. The first-order valence-corrected chi connectivity index (χ1v) is 10.8. The van der Waals surface area contributed by atoms with E-state index in [0.717, 1.165) is 6.42 Å². The molecule has 2 saturated heterocycles. The number of aliphatic hydroxyl groups is 6. The summed E-state index contributed by atoms with van der Waals surface area (Å²) in [6.45, 7) is 8.18. The largest absolute Gasteiger partial charge is 0.394 e. The van der Waals surface area contributed by atoms with Gasteiger partial charge in [-0.2, -0.15) is 0 Å². The minimum absolute atomic E-state index is 0. The van der Waals surface area contributed by atoms with Gasteiger partial charge >= 0.3 is 0 Å². The molecule has 0 aromatic heterocycles. The van der Waals surface area contributed by atoms with E-state index in [-0.39, 0.29) is 251 Å². The van der Waals surface area contributed by atoms with Gasteiger partial charge in [0, 0.05) is 227 Å². The van der Waals surface area contributed by atoms with E-state index in [9.17, 15) is 30.3 Å². The number of aliphatic hydroxyl groups excluding tert-OH is 6. The number of rotatable bonds is 7. The third-order valence-electron chi connectivity index (χ3n) is 7.28. The number of carbonyl (C=O) groups is 1. The molecule has 2 rings (SSSR count). The molecule has 2 aliphatic rings. The van der Waals surface area contributed by atoms with Gasteiger partial charge < -0.3 is 40.1 Å². The second-order valence-electron chi connectivity index (χ2n) is 9.06. The summed E-state index contributed by atoms with van der Waals surface area (Å²) >= 11 is 0. The molecular weight excluding hydrogens is 1530 g/mol. The van der Waals surface area contributed by atoms with Gasteiger partial charge in [-0.25, -0.2) is 0 Å². The van der Waals surface area contributed by atoms with Gasteiger partial charge in [0.25, 0.3) is 0 Å². The van der Waals surface area contributed by atoms with E-state index in [2.05, 4.69) is 0 Å². The van der Waals surface area contributed by atoms with Crippen LogP contribution < -0.4 is 0 Å². The Kier molecular flexibility index (Phi) is 30.6. The summed E-state index contributed by atoms with van der Waals surface area (Å²) in [5.41, 5.74) is -1.89. The van der Waals surface area contributed by atoms with Crippen molar-refractivity contribution in [2.75, 3.05) is 6.61 Å². The first-order chi connectivity index (χ1) is 13.9. The first kappa shape index (κ1) is 48.5. The van der Waals surface area contributed by atoms with Gasteiger partial charge in [0.05, 0.1) is 31.0 Å². The zero-order valence-electron chi connectivity index (χ0n) is 21.3. The van der Waals surface area contributed by atoms with Crippen LogP contribution in [0.4, 0.5) is 0 Å². The first-order valence-electron chi connectivity index (χ1n) is 10.8. The van der Waals surface area contributed by atoms with E-state index >= 15 is 0 Å². The Balaban J connectivity index is -0.000000961. The number of hydrogen-bond acceptors (Lipinski definition) is 9. The van der Waals surface area contributed by atoms with Crippen LogP contribution >= 0.6 is 0 Å². The maximum atomic E-state index is 12.8. The number of ketones is 1. The second-order valence-corrected chi connectivity index (χ2v) is 9.06. The van der Waals surface area contributed by atoms with Crippen molar-refractivity contribution in [3.05, 3.63) is 0 Å². The molecule has 2 fully saturated rings. The average molecular weight is 1570 g/mol. The van der Waals surface area contributed by atoms with E-state index in [0.29, 0.717) is 0 Å². The maximum absolute atomic E-state index is 12.8. The van der Waals surface area contributed by atoms with Crippen LogP contribution in [-0.4, -0.2) is 97.5 Å². The predicted molar refractivity (Wildman–Crippen MR) is 106 cm³/mol. The van der Waals surface area contributed by atoms with Crippen molar-refractivity contribution in [1.29, 1.82) is 0 Å². The summed E-state index contributed by atoms with van der Waals surface area (Å²) in [7, 11) is 0. The molecule has 5 radical (unpaired) electrons. The summed E-state index contributed by atoms with van der Waals surface area (Å²) in [5, 5.41) is 61.7. The molecule has 0 saturated carbocycles. The van der Waals surface area contributed by atoms with Gasteiger partial charge in [-0.1, -0.05) is 20.8 Å². The van der Waals surface area contributed by atoms with Crippen LogP contribution in [-0.2, 0) is 14.3 Å². The molecule has 35 heavy (non-hydrogen) atoms. The van der Waals surface area contributed by atoms with Gasteiger partial charge in [0.2, 0.25) is 0 Å². The number of hydrogen-bond donors (Lipinski definition) is 6. The van der Waals surface area contributed by atoms with Gasteiger partial charge in [-0.15, -0.1) is 0 Å². The Labute approximate surface area is 387 Å². The van der Waals surface area contributed by atoms with Crippen molar-refractivity contribution in [2.45, 2.75) is 102 Å². The number of carbonyl (C=O) groups excluding carboxylic acids is 1. The van der Waals surface area contributed by atoms with Crippen molar-refractivity contribution < 1.29 is 265 Å². The van der Waals surface area contributed by atoms with E-state index in [1.165, 1.54) is 6.92 Å². The van der Waals surface area contributed by atoms with E-state index in [1.807, 2.05) is 27.7 Å². The van der Waals surface area contributed by atoms with Crippen molar-refractivity contribution >= 4 is 5.78 Å². The van der Waals surface area contributed by atoms with Crippen LogP contribution in [0.15, 0.2) is 0 Å². The van der Waals surface area contributed by atoms with Gasteiger partial charge in [-0.05, 0) is 38.0 Å². The summed E-state index contributed by atoms with van der Waals surface area (Å²) in [6, 6.07) is 0. The molecule has 2 heterocycles. The van der Waals surface area contributed by atoms with Crippen LogP contribution in [0.1, 0.15) is 47.5 Å². The topological polar surface area (TPSA) is 157 Å². The molecule has 0 aromatic rings. The molecule has 14 heteroatoms. The van der Waals surface area contributed by atoms with Gasteiger partial charge in [-0.3, -0.25) is 4.79 Å². The van der Waals surface area contributed by atoms with Crippen LogP contribution in [0.3, 0.4) is 0 Å². The molecule has 0 spiro atoms. The van der Waals surface area contributed by atoms with Crippen molar-refractivity contribution in [1.82, 2.24) is 0 Å². The molecule has 12 atom stereocenters. The average Bonchev–Trinajstić information content (AvgIpc) is 2.71. The summed E-state index contributed by atoms with van der Waals surface area (Å²) in [6.07, 6.45) is -9.35. The molecule has 9 nitrogen and oxygen atoms in total. The van der Waals surface area contributed by atoms with Crippen LogP contribution in [0, 0.1) is 238 Å². The zero-order chi connectivity index (χ0) is 23.0. The summed E-state index contributed by atoms with van der Waals surface area (Å²) in [4.78, 5) is 12.8. The Morgan fingerprint density at radius 2 is 1.51 bits per heavy atom.